The second-order valence-corrected chi connectivity index (χ2v) is 10.1. The van der Waals surface area contributed by atoms with Crippen LogP contribution in [0.3, 0.4) is 0 Å². The number of allylic oxidation sites excluding steroid dienone is 10. The first-order valence-corrected chi connectivity index (χ1v) is 15.8. The van der Waals surface area contributed by atoms with Crippen LogP contribution in [0.25, 0.3) is 0 Å². The molecular weight excluding hydrogens is 556 g/mol. The van der Waals surface area contributed by atoms with Gasteiger partial charge in [0.25, 0.3) is 0 Å². The van der Waals surface area contributed by atoms with Gasteiger partial charge in [-0.25, -0.2) is 9.59 Å². The Kier molecular flexibility index (Phi) is 22.2. The molecule has 0 saturated carbocycles. The zero-order chi connectivity index (χ0) is 32.3. The van der Waals surface area contributed by atoms with Crippen molar-refractivity contribution in [3.05, 3.63) is 84.5 Å². The van der Waals surface area contributed by atoms with E-state index in [0.717, 1.165) is 51.4 Å². The minimum atomic E-state index is -0.705. The number of benzene rings is 1. The number of unbranched alkanes of at least 4 members (excludes halogenated alkanes) is 2. The van der Waals surface area contributed by atoms with Crippen molar-refractivity contribution in [1.82, 2.24) is 5.32 Å². The molecule has 1 atom stereocenters. The molecule has 0 heterocycles. The minimum absolute atomic E-state index is 0.0359. The molecule has 0 spiro atoms. The van der Waals surface area contributed by atoms with Gasteiger partial charge in [0.15, 0.2) is 5.78 Å². The van der Waals surface area contributed by atoms with E-state index < -0.39 is 18.1 Å². The van der Waals surface area contributed by atoms with Crippen molar-refractivity contribution < 1.29 is 29.0 Å². The lowest BCUT2D eigenvalue weighted by Crippen LogP contribution is -2.31. The Balaban J connectivity index is 2.12. The van der Waals surface area contributed by atoms with E-state index >= 15 is 0 Å². The first kappa shape index (κ1) is 38.1. The van der Waals surface area contributed by atoms with E-state index in [1.807, 2.05) is 6.92 Å². The fourth-order valence-electron chi connectivity index (χ4n) is 4.08. The molecule has 0 radical (unpaired) electrons. The lowest BCUT2D eigenvalue weighted by molar-refractivity contribution is -0.130. The molecule has 0 bridgehead atoms. The molecular formula is C36H52N2O6. The van der Waals surface area contributed by atoms with Gasteiger partial charge in [0.1, 0.15) is 17.4 Å². The highest BCUT2D eigenvalue weighted by Crippen LogP contribution is 2.22. The van der Waals surface area contributed by atoms with Crippen molar-refractivity contribution in [1.29, 1.82) is 0 Å². The molecule has 1 aromatic carbocycles. The highest BCUT2D eigenvalue weighted by Gasteiger charge is 2.17. The van der Waals surface area contributed by atoms with Crippen LogP contribution in [0.1, 0.15) is 94.8 Å². The summed E-state index contributed by atoms with van der Waals surface area (Å²) < 4.78 is 10.4. The topological polar surface area (TPSA) is 114 Å². The maximum Gasteiger partial charge on any atom is 0.341 e. The van der Waals surface area contributed by atoms with Gasteiger partial charge in [-0.05, 0) is 82.4 Å². The first-order chi connectivity index (χ1) is 21.4. The number of amides is 2. The fourth-order valence-corrected chi connectivity index (χ4v) is 4.08. The molecule has 0 fully saturated rings. The number of nitrogens with one attached hydrogen (secondary N) is 2. The Bertz CT molecular complexity index is 1120. The summed E-state index contributed by atoms with van der Waals surface area (Å²) >= 11 is 0. The summed E-state index contributed by atoms with van der Waals surface area (Å²) in [6.45, 7) is 4.94. The SMILES string of the molecule is CC/C=C\C/C=C\C/C=C\C/C=C\C/C=C\CCCCOC(CC)C(=O)CCCNC(=O)Nc1ccc(O)c(C(=O)OC)c1. The summed E-state index contributed by atoms with van der Waals surface area (Å²) in [5.41, 5.74) is 0.285. The molecule has 0 saturated heterocycles. The number of Topliss-reactive ketones (excluding diaryl/α,β-unsaturated/α-hetero) is 1. The molecule has 8 heteroatoms. The van der Waals surface area contributed by atoms with Crippen molar-refractivity contribution >= 4 is 23.5 Å². The molecule has 242 valence electrons. The van der Waals surface area contributed by atoms with Gasteiger partial charge in [0.2, 0.25) is 0 Å². The third kappa shape index (κ3) is 18.6. The van der Waals surface area contributed by atoms with Gasteiger partial charge in [-0.1, -0.05) is 74.6 Å². The zero-order valence-corrected chi connectivity index (χ0v) is 26.8. The van der Waals surface area contributed by atoms with Crippen molar-refractivity contribution in [2.75, 3.05) is 25.6 Å². The number of hydrogen-bond donors (Lipinski definition) is 3. The molecule has 1 unspecified atom stereocenters. The van der Waals surface area contributed by atoms with Crippen molar-refractivity contribution in [2.24, 2.45) is 0 Å². The van der Waals surface area contributed by atoms with Crippen molar-refractivity contribution in [3.63, 3.8) is 0 Å². The van der Waals surface area contributed by atoms with Crippen LogP contribution in [0.2, 0.25) is 0 Å². The van der Waals surface area contributed by atoms with E-state index in [2.05, 4.69) is 83.1 Å². The largest absolute Gasteiger partial charge is 0.507 e. The fraction of sp³-hybridized carbons (Fsp3) is 0.472. The predicted octanol–water partition coefficient (Wildman–Crippen LogP) is 8.37. The van der Waals surface area contributed by atoms with Crippen LogP contribution in [-0.2, 0) is 14.3 Å². The molecule has 2 amide bonds. The summed E-state index contributed by atoms with van der Waals surface area (Å²) in [6.07, 6.45) is 30.8. The highest BCUT2D eigenvalue weighted by molar-refractivity contribution is 5.96. The number of carbonyl (C=O) groups is 3. The maximum atomic E-state index is 12.5. The molecule has 0 aliphatic carbocycles. The number of methoxy groups -OCH3 is 1. The number of phenols is 1. The van der Waals surface area contributed by atoms with E-state index in [1.54, 1.807) is 0 Å². The van der Waals surface area contributed by atoms with Crippen LogP contribution in [0.5, 0.6) is 5.75 Å². The zero-order valence-electron chi connectivity index (χ0n) is 26.8. The number of phenolic OH excluding ortho intramolecular Hbond substituents is 1. The highest BCUT2D eigenvalue weighted by atomic mass is 16.5. The smallest absolute Gasteiger partial charge is 0.341 e. The average Bonchev–Trinajstić information content (AvgIpc) is 3.02. The van der Waals surface area contributed by atoms with Crippen LogP contribution in [0, 0.1) is 0 Å². The minimum Gasteiger partial charge on any atom is -0.507 e. The summed E-state index contributed by atoms with van der Waals surface area (Å²) in [5, 5.41) is 15.0. The molecule has 0 aliphatic heterocycles. The third-order valence-corrected chi connectivity index (χ3v) is 6.52. The summed E-state index contributed by atoms with van der Waals surface area (Å²) in [6, 6.07) is 3.62. The van der Waals surface area contributed by atoms with Gasteiger partial charge >= 0.3 is 12.0 Å². The Labute approximate surface area is 264 Å². The van der Waals surface area contributed by atoms with Gasteiger partial charge in [-0.2, -0.15) is 0 Å². The number of esters is 1. The first-order valence-electron chi connectivity index (χ1n) is 15.8. The number of anilines is 1. The lowest BCUT2D eigenvalue weighted by Gasteiger charge is -2.15. The van der Waals surface area contributed by atoms with Gasteiger partial charge in [0.05, 0.1) is 7.11 Å². The number of carbonyl (C=O) groups excluding carboxylic acids is 3. The molecule has 44 heavy (non-hydrogen) atoms. The molecule has 0 aliphatic rings. The van der Waals surface area contributed by atoms with Crippen LogP contribution in [0.15, 0.2) is 79.0 Å². The van der Waals surface area contributed by atoms with Crippen LogP contribution in [0.4, 0.5) is 10.5 Å². The van der Waals surface area contributed by atoms with E-state index in [-0.39, 0.29) is 17.1 Å². The lowest BCUT2D eigenvalue weighted by atomic mass is 10.1. The predicted molar refractivity (Wildman–Crippen MR) is 179 cm³/mol. The molecule has 1 aromatic rings. The number of hydrogen-bond acceptors (Lipinski definition) is 6. The van der Waals surface area contributed by atoms with Gasteiger partial charge in [-0.15, -0.1) is 0 Å². The molecule has 0 aromatic heterocycles. The molecule has 1 rings (SSSR count). The second-order valence-electron chi connectivity index (χ2n) is 10.1. The second kappa shape index (κ2) is 25.6. The normalized spacial score (nSPS) is 12.6. The molecule has 8 nitrogen and oxygen atoms in total. The van der Waals surface area contributed by atoms with E-state index in [1.165, 1.54) is 25.3 Å². The summed E-state index contributed by atoms with van der Waals surface area (Å²) in [7, 11) is 1.21. The van der Waals surface area contributed by atoms with Gasteiger partial charge in [-0.3, -0.25) is 4.79 Å². The van der Waals surface area contributed by atoms with Crippen LogP contribution >= 0.6 is 0 Å². The van der Waals surface area contributed by atoms with Crippen LogP contribution < -0.4 is 10.6 Å². The Morgan fingerprint density at radius 1 is 0.841 bits per heavy atom. The van der Waals surface area contributed by atoms with Gasteiger partial charge < -0.3 is 25.2 Å². The quantitative estimate of drug-likeness (QED) is 0.0498. The Morgan fingerprint density at radius 3 is 2.05 bits per heavy atom. The monoisotopic (exact) mass is 608 g/mol. The Morgan fingerprint density at radius 2 is 1.45 bits per heavy atom. The van der Waals surface area contributed by atoms with Crippen molar-refractivity contribution in [2.45, 2.75) is 90.6 Å². The number of aromatic hydroxyl groups is 1. The van der Waals surface area contributed by atoms with Crippen molar-refractivity contribution in [3.8, 4) is 5.75 Å². The summed E-state index contributed by atoms with van der Waals surface area (Å²) in [5.74, 6) is -0.906. The van der Waals surface area contributed by atoms with E-state index in [0.29, 0.717) is 38.1 Å². The standard InChI is InChI=1S/C36H52N2O6/c1-4-6-7-8-9-10-11-12-13-14-15-16-17-18-19-20-21-22-28-44-34(5-2)33(40)24-23-27-37-36(42)38-30-25-26-32(39)31(29-30)35(41)43-3/h6-7,9-10,12-13,15-16,18-19,25-26,29,34,39H,4-5,8,11,14,17,20-24,27-28H2,1-3H3,(H2,37,38,42)/b7-6-,10-9-,13-12-,16-15-,19-18-. The number of ether oxygens (including phenoxy) is 2. The van der Waals surface area contributed by atoms with E-state index in [9.17, 15) is 19.5 Å². The Hall–Kier alpha value is -3.91. The average molecular weight is 609 g/mol. The van der Waals surface area contributed by atoms with Crippen LogP contribution in [-0.4, -0.2) is 49.3 Å². The number of rotatable bonds is 23. The van der Waals surface area contributed by atoms with E-state index in [4.69, 9.17) is 4.74 Å². The molecule has 3 N–H and O–H groups in total. The number of urea groups is 1. The maximum absolute atomic E-state index is 12.5. The third-order valence-electron chi connectivity index (χ3n) is 6.52. The van der Waals surface area contributed by atoms with Gasteiger partial charge in [0, 0.05) is 25.3 Å². The number of ketones is 1. The summed E-state index contributed by atoms with van der Waals surface area (Å²) in [4.78, 5) is 36.4.